The van der Waals surface area contributed by atoms with E-state index in [1.807, 2.05) is 43.3 Å². The summed E-state index contributed by atoms with van der Waals surface area (Å²) in [7, 11) is 0. The molecule has 3 heterocycles. The molecule has 2 saturated heterocycles. The second-order valence-corrected chi connectivity index (χ2v) is 9.14. The van der Waals surface area contributed by atoms with E-state index in [0.29, 0.717) is 18.7 Å². The number of ketones is 1. The predicted octanol–water partition coefficient (Wildman–Crippen LogP) is 4.17. The van der Waals surface area contributed by atoms with E-state index in [0.717, 1.165) is 42.6 Å². The number of aliphatic hydroxyl groups is 1. The van der Waals surface area contributed by atoms with Gasteiger partial charge in [0.2, 0.25) is 0 Å². The minimum absolute atomic E-state index is 0.0754. The maximum absolute atomic E-state index is 13.2. The zero-order valence-corrected chi connectivity index (χ0v) is 19.0. The summed E-state index contributed by atoms with van der Waals surface area (Å²) in [6, 6.07) is 12.7. The Morgan fingerprint density at radius 1 is 1.15 bits per heavy atom. The molecule has 2 aromatic rings. The van der Waals surface area contributed by atoms with Crippen molar-refractivity contribution in [2.45, 2.75) is 57.8 Å². The van der Waals surface area contributed by atoms with Gasteiger partial charge in [-0.1, -0.05) is 31.2 Å². The molecule has 0 bridgehead atoms. The number of nitrogens with zero attached hydrogens (tertiary/aromatic N) is 1. The first-order chi connectivity index (χ1) is 16.0. The number of ether oxygens (including phenoxy) is 2. The fourth-order valence-corrected chi connectivity index (χ4v) is 5.08. The zero-order valence-electron chi connectivity index (χ0n) is 19.0. The van der Waals surface area contributed by atoms with Crippen molar-refractivity contribution < 1.29 is 24.2 Å². The molecule has 3 atom stereocenters. The largest absolute Gasteiger partial charge is 0.507 e. The molecule has 1 amide bonds. The number of amides is 1. The van der Waals surface area contributed by atoms with E-state index in [9.17, 15) is 14.7 Å². The van der Waals surface area contributed by atoms with Crippen molar-refractivity contribution in [1.82, 2.24) is 4.90 Å². The van der Waals surface area contributed by atoms with Crippen molar-refractivity contribution in [1.29, 1.82) is 0 Å². The quantitative estimate of drug-likeness (QED) is 0.423. The van der Waals surface area contributed by atoms with Gasteiger partial charge in [-0.25, -0.2) is 0 Å². The number of rotatable bonds is 5. The number of hydrogen-bond donors (Lipinski definition) is 1. The van der Waals surface area contributed by atoms with E-state index in [-0.39, 0.29) is 23.5 Å². The summed E-state index contributed by atoms with van der Waals surface area (Å²) >= 11 is 0. The smallest absolute Gasteiger partial charge is 0.295 e. The standard InChI is InChI=1S/C27H29NO5/c1-3-17-6-8-18(9-7-17)24-23(26(30)27(31)28(24)15-21-5-4-12-32-21)25(29)19-10-11-22-20(14-19)13-16(2)33-22/h6-11,14,16,21,24,29H,3-5,12-13,15H2,1-2H3/t16-,21+,24+/m1/s1. The van der Waals surface area contributed by atoms with Gasteiger partial charge >= 0.3 is 0 Å². The highest BCUT2D eigenvalue weighted by molar-refractivity contribution is 6.46. The van der Waals surface area contributed by atoms with E-state index in [4.69, 9.17) is 9.47 Å². The van der Waals surface area contributed by atoms with Crippen LogP contribution in [0.2, 0.25) is 0 Å². The summed E-state index contributed by atoms with van der Waals surface area (Å²) in [6.45, 7) is 5.07. The molecule has 3 aliphatic heterocycles. The molecule has 5 rings (SSSR count). The molecule has 172 valence electrons. The first-order valence-electron chi connectivity index (χ1n) is 11.7. The normalized spacial score (nSPS) is 26.0. The van der Waals surface area contributed by atoms with Crippen LogP contribution in [0.4, 0.5) is 0 Å². The lowest BCUT2D eigenvalue weighted by atomic mass is 9.93. The molecule has 0 saturated carbocycles. The van der Waals surface area contributed by atoms with Crippen LogP contribution in [0.3, 0.4) is 0 Å². The van der Waals surface area contributed by atoms with E-state index in [1.165, 1.54) is 5.56 Å². The maximum Gasteiger partial charge on any atom is 0.295 e. The summed E-state index contributed by atoms with van der Waals surface area (Å²) in [4.78, 5) is 27.9. The second kappa shape index (κ2) is 8.67. The molecule has 0 spiro atoms. The van der Waals surface area contributed by atoms with E-state index >= 15 is 0 Å². The Labute approximate surface area is 193 Å². The highest BCUT2D eigenvalue weighted by Crippen LogP contribution is 2.41. The monoisotopic (exact) mass is 447 g/mol. The number of benzene rings is 2. The molecule has 0 radical (unpaired) electrons. The second-order valence-electron chi connectivity index (χ2n) is 9.14. The van der Waals surface area contributed by atoms with E-state index in [1.54, 1.807) is 11.0 Å². The van der Waals surface area contributed by atoms with Gasteiger partial charge in [0.15, 0.2) is 0 Å². The van der Waals surface area contributed by atoms with Gasteiger partial charge in [0, 0.05) is 25.1 Å². The Hall–Kier alpha value is -3.12. The zero-order chi connectivity index (χ0) is 23.1. The molecule has 33 heavy (non-hydrogen) atoms. The minimum atomic E-state index is -0.653. The van der Waals surface area contributed by atoms with Crippen molar-refractivity contribution in [2.24, 2.45) is 0 Å². The lowest BCUT2D eigenvalue weighted by molar-refractivity contribution is -0.140. The van der Waals surface area contributed by atoms with Crippen LogP contribution in [0.1, 0.15) is 55.0 Å². The number of hydrogen-bond acceptors (Lipinski definition) is 5. The number of carbonyl (C=O) groups is 2. The Bertz CT molecular complexity index is 1110. The minimum Gasteiger partial charge on any atom is -0.507 e. The highest BCUT2D eigenvalue weighted by atomic mass is 16.5. The Balaban J connectivity index is 1.59. The van der Waals surface area contributed by atoms with Crippen LogP contribution in [0.25, 0.3) is 5.76 Å². The molecule has 6 heteroatoms. The molecule has 2 aromatic carbocycles. The van der Waals surface area contributed by atoms with Crippen molar-refractivity contribution in [2.75, 3.05) is 13.2 Å². The van der Waals surface area contributed by atoms with Crippen molar-refractivity contribution in [3.05, 3.63) is 70.3 Å². The van der Waals surface area contributed by atoms with Gasteiger partial charge in [-0.2, -0.15) is 0 Å². The lowest BCUT2D eigenvalue weighted by Crippen LogP contribution is -2.36. The van der Waals surface area contributed by atoms with Gasteiger partial charge in [-0.05, 0) is 61.1 Å². The number of likely N-dealkylation sites (tertiary alicyclic amines) is 1. The fourth-order valence-electron chi connectivity index (χ4n) is 5.08. The van der Waals surface area contributed by atoms with Crippen LogP contribution in [-0.2, 0) is 27.2 Å². The number of aliphatic hydroxyl groups excluding tert-OH is 1. The van der Waals surface area contributed by atoms with Crippen LogP contribution in [0.15, 0.2) is 48.0 Å². The first-order valence-corrected chi connectivity index (χ1v) is 11.7. The summed E-state index contributed by atoms with van der Waals surface area (Å²) in [5.74, 6) is -0.588. The van der Waals surface area contributed by atoms with Gasteiger partial charge in [-0.15, -0.1) is 0 Å². The fraction of sp³-hybridized carbons (Fsp3) is 0.407. The summed E-state index contributed by atoms with van der Waals surface area (Å²) < 4.78 is 11.5. The Morgan fingerprint density at radius 2 is 1.94 bits per heavy atom. The first kappa shape index (κ1) is 21.7. The van der Waals surface area contributed by atoms with Gasteiger partial charge < -0.3 is 19.5 Å². The predicted molar refractivity (Wildman–Crippen MR) is 124 cm³/mol. The van der Waals surface area contributed by atoms with Crippen molar-refractivity contribution >= 4 is 17.4 Å². The van der Waals surface area contributed by atoms with Crippen LogP contribution in [-0.4, -0.2) is 47.1 Å². The third-order valence-corrected chi connectivity index (χ3v) is 6.84. The lowest BCUT2D eigenvalue weighted by Gasteiger charge is -2.27. The molecule has 0 unspecified atom stereocenters. The topological polar surface area (TPSA) is 76.1 Å². The molecular formula is C27H29NO5. The van der Waals surface area contributed by atoms with Gasteiger partial charge in [0.1, 0.15) is 17.6 Å². The maximum atomic E-state index is 13.2. The molecule has 3 aliphatic rings. The average Bonchev–Trinajstić information content (AvgIpc) is 3.53. The Kier molecular flexibility index (Phi) is 5.71. The van der Waals surface area contributed by atoms with Crippen molar-refractivity contribution in [3.8, 4) is 5.75 Å². The summed E-state index contributed by atoms with van der Waals surface area (Å²) in [5.41, 5.74) is 3.63. The van der Waals surface area contributed by atoms with Gasteiger partial charge in [-0.3, -0.25) is 9.59 Å². The number of Topliss-reactive ketones (excluding diaryl/α,β-unsaturated/α-hetero) is 1. The number of carbonyl (C=O) groups excluding carboxylic acids is 2. The molecule has 1 N–H and O–H groups in total. The number of fused-ring (bicyclic) bond motifs is 1. The molecular weight excluding hydrogens is 418 g/mol. The third kappa shape index (κ3) is 3.93. The van der Waals surface area contributed by atoms with Crippen LogP contribution < -0.4 is 4.74 Å². The molecule has 2 fully saturated rings. The highest BCUT2D eigenvalue weighted by Gasteiger charge is 2.47. The van der Waals surface area contributed by atoms with Crippen LogP contribution in [0.5, 0.6) is 5.75 Å². The summed E-state index contributed by atoms with van der Waals surface area (Å²) in [6.07, 6.45) is 3.41. The van der Waals surface area contributed by atoms with Crippen LogP contribution in [0, 0.1) is 0 Å². The third-order valence-electron chi connectivity index (χ3n) is 6.84. The average molecular weight is 448 g/mol. The molecule has 6 nitrogen and oxygen atoms in total. The van der Waals surface area contributed by atoms with Crippen molar-refractivity contribution in [3.63, 3.8) is 0 Å². The molecule has 0 aliphatic carbocycles. The SMILES string of the molecule is CCc1ccc([C@H]2C(=C(O)c3ccc4c(c3)C[C@@H](C)O4)C(=O)C(=O)N2C[C@@H]2CCCO2)cc1. The van der Waals surface area contributed by atoms with Crippen LogP contribution >= 0.6 is 0 Å². The van der Waals surface area contributed by atoms with E-state index < -0.39 is 17.7 Å². The molecule has 0 aromatic heterocycles. The van der Waals surface area contributed by atoms with E-state index in [2.05, 4.69) is 6.92 Å². The summed E-state index contributed by atoms with van der Waals surface area (Å²) in [5, 5.41) is 11.3. The number of aryl methyl sites for hydroxylation is 1. The van der Waals surface area contributed by atoms with Gasteiger partial charge in [0.05, 0.1) is 17.7 Å². The Morgan fingerprint density at radius 3 is 2.64 bits per heavy atom. The van der Waals surface area contributed by atoms with Gasteiger partial charge in [0.25, 0.3) is 11.7 Å².